The molecule has 0 aliphatic rings. The molecule has 2 aromatic heterocycles. The molecule has 0 spiro atoms. The lowest BCUT2D eigenvalue weighted by Gasteiger charge is -2.19. The molecular weight excluding hydrogens is 376 g/mol. The quantitative estimate of drug-likeness (QED) is 0.528. The van der Waals surface area contributed by atoms with Gasteiger partial charge in [-0.25, -0.2) is 9.47 Å². The molecule has 148 valence electrons. The summed E-state index contributed by atoms with van der Waals surface area (Å²) in [6.07, 6.45) is 0. The SMILES string of the molecule is Cn1c(CSc2nnc(-c3ccc(C(C)(C)C)cc3)n2N)cc(=O)n(C)c1=O. The minimum atomic E-state index is -0.364. The van der Waals surface area contributed by atoms with E-state index in [0.29, 0.717) is 22.4 Å². The minimum absolute atomic E-state index is 0.0681. The van der Waals surface area contributed by atoms with Gasteiger partial charge in [-0.1, -0.05) is 56.8 Å². The topological polar surface area (TPSA) is 101 Å². The molecule has 0 unspecified atom stereocenters. The fourth-order valence-corrected chi connectivity index (χ4v) is 3.62. The summed E-state index contributed by atoms with van der Waals surface area (Å²) in [7, 11) is 3.09. The average Bonchev–Trinajstić information content (AvgIpc) is 3.02. The molecule has 0 aliphatic carbocycles. The smallest absolute Gasteiger partial charge is 0.330 e. The number of nitrogens with two attached hydrogens (primary N) is 1. The molecule has 0 fully saturated rings. The van der Waals surface area contributed by atoms with Gasteiger partial charge in [0.2, 0.25) is 5.16 Å². The first-order valence-electron chi connectivity index (χ1n) is 8.79. The molecule has 0 saturated heterocycles. The van der Waals surface area contributed by atoms with Crippen LogP contribution < -0.4 is 17.1 Å². The fourth-order valence-electron chi connectivity index (χ4n) is 2.75. The second-order valence-electron chi connectivity index (χ2n) is 7.67. The van der Waals surface area contributed by atoms with E-state index in [1.807, 2.05) is 12.1 Å². The van der Waals surface area contributed by atoms with E-state index < -0.39 is 0 Å². The van der Waals surface area contributed by atoms with Gasteiger partial charge in [-0.05, 0) is 11.0 Å². The van der Waals surface area contributed by atoms with Crippen molar-refractivity contribution in [2.45, 2.75) is 37.1 Å². The van der Waals surface area contributed by atoms with Gasteiger partial charge < -0.3 is 5.84 Å². The van der Waals surface area contributed by atoms with Crippen molar-refractivity contribution in [3.05, 3.63) is 62.4 Å². The zero-order valence-electron chi connectivity index (χ0n) is 16.6. The molecular formula is C19H24N6O2S. The highest BCUT2D eigenvalue weighted by molar-refractivity contribution is 7.98. The van der Waals surface area contributed by atoms with Crippen molar-refractivity contribution < 1.29 is 0 Å². The molecule has 8 nitrogen and oxygen atoms in total. The van der Waals surface area contributed by atoms with E-state index in [-0.39, 0.29) is 16.7 Å². The number of benzene rings is 1. The Labute approximate surface area is 167 Å². The highest BCUT2D eigenvalue weighted by atomic mass is 32.2. The van der Waals surface area contributed by atoms with E-state index in [0.717, 1.165) is 10.1 Å². The molecule has 2 N–H and O–H groups in total. The van der Waals surface area contributed by atoms with Crippen LogP contribution in [0.15, 0.2) is 45.1 Å². The number of nitrogens with zero attached hydrogens (tertiary/aromatic N) is 5. The lowest BCUT2D eigenvalue weighted by atomic mass is 9.87. The predicted molar refractivity (Wildman–Crippen MR) is 111 cm³/mol. The molecule has 3 aromatic rings. The molecule has 0 amide bonds. The average molecular weight is 401 g/mol. The van der Waals surface area contributed by atoms with Crippen LogP contribution in [-0.4, -0.2) is 24.0 Å². The summed E-state index contributed by atoms with van der Waals surface area (Å²) in [6.45, 7) is 6.48. The van der Waals surface area contributed by atoms with Crippen LogP contribution >= 0.6 is 11.8 Å². The standard InChI is InChI=1S/C19H24N6O2S/c1-19(2,3)13-8-6-12(7-9-13)16-21-22-17(25(16)20)28-11-14-10-15(26)24(5)18(27)23(14)4/h6-10H,11,20H2,1-5H3. The molecule has 28 heavy (non-hydrogen) atoms. The zero-order chi connectivity index (χ0) is 20.6. The van der Waals surface area contributed by atoms with Gasteiger partial charge in [0.1, 0.15) is 0 Å². The molecule has 9 heteroatoms. The zero-order valence-corrected chi connectivity index (χ0v) is 17.4. The largest absolute Gasteiger partial charge is 0.335 e. The Hall–Kier alpha value is -2.81. The first-order valence-corrected chi connectivity index (χ1v) is 9.78. The van der Waals surface area contributed by atoms with Crippen LogP contribution in [-0.2, 0) is 25.3 Å². The highest BCUT2D eigenvalue weighted by Gasteiger charge is 2.16. The lowest BCUT2D eigenvalue weighted by molar-refractivity contribution is 0.590. The maximum absolute atomic E-state index is 12.0. The van der Waals surface area contributed by atoms with Crippen molar-refractivity contribution >= 4 is 11.8 Å². The number of hydrogen-bond acceptors (Lipinski definition) is 6. The summed E-state index contributed by atoms with van der Waals surface area (Å²) >= 11 is 1.32. The van der Waals surface area contributed by atoms with E-state index in [1.54, 1.807) is 7.05 Å². The third kappa shape index (κ3) is 3.75. The second-order valence-corrected chi connectivity index (χ2v) is 8.61. The van der Waals surface area contributed by atoms with E-state index in [2.05, 4.69) is 43.1 Å². The van der Waals surface area contributed by atoms with Gasteiger partial charge in [0.25, 0.3) is 5.56 Å². The molecule has 1 aromatic carbocycles. The molecule has 0 radical (unpaired) electrons. The fraction of sp³-hybridized carbons (Fsp3) is 0.368. The Morgan fingerprint density at radius 2 is 1.68 bits per heavy atom. The van der Waals surface area contributed by atoms with Crippen molar-refractivity contribution in [3.8, 4) is 11.4 Å². The number of hydrogen-bond donors (Lipinski definition) is 1. The molecule has 0 bridgehead atoms. The highest BCUT2D eigenvalue weighted by Crippen LogP contribution is 2.27. The summed E-state index contributed by atoms with van der Waals surface area (Å²) in [4.78, 5) is 23.9. The Balaban J connectivity index is 1.83. The second kappa shape index (κ2) is 7.31. The molecule has 2 heterocycles. The van der Waals surface area contributed by atoms with Gasteiger partial charge in [0.05, 0.1) is 0 Å². The number of rotatable bonds is 4. The van der Waals surface area contributed by atoms with Gasteiger partial charge >= 0.3 is 5.69 Å². The van der Waals surface area contributed by atoms with Crippen LogP contribution in [0.3, 0.4) is 0 Å². The number of thioether (sulfide) groups is 1. The summed E-state index contributed by atoms with van der Waals surface area (Å²) in [5.41, 5.74) is 2.05. The Kier molecular flexibility index (Phi) is 5.20. The van der Waals surface area contributed by atoms with Crippen molar-refractivity contribution in [2.24, 2.45) is 14.1 Å². The summed E-state index contributed by atoms with van der Waals surface area (Å²) in [5.74, 6) is 7.11. The molecule has 0 atom stereocenters. The lowest BCUT2D eigenvalue weighted by Crippen LogP contribution is -2.37. The Morgan fingerprint density at radius 3 is 2.29 bits per heavy atom. The Bertz CT molecular complexity index is 1120. The van der Waals surface area contributed by atoms with E-state index >= 15 is 0 Å². The van der Waals surface area contributed by atoms with Crippen molar-refractivity contribution in [2.75, 3.05) is 5.84 Å². The summed E-state index contributed by atoms with van der Waals surface area (Å²) in [6, 6.07) is 9.52. The van der Waals surface area contributed by atoms with Gasteiger partial charge in [-0.2, -0.15) is 0 Å². The van der Waals surface area contributed by atoms with Crippen LogP contribution in [0.2, 0.25) is 0 Å². The predicted octanol–water partition coefficient (Wildman–Crippen LogP) is 1.65. The Morgan fingerprint density at radius 1 is 1.04 bits per heavy atom. The van der Waals surface area contributed by atoms with Crippen molar-refractivity contribution in [1.29, 1.82) is 0 Å². The molecule has 3 rings (SSSR count). The summed E-state index contributed by atoms with van der Waals surface area (Å²) < 4.78 is 3.94. The number of nitrogen functional groups attached to an aromatic ring is 1. The van der Waals surface area contributed by atoms with E-state index in [4.69, 9.17) is 5.84 Å². The van der Waals surface area contributed by atoms with Crippen LogP contribution in [0, 0.1) is 0 Å². The third-order valence-electron chi connectivity index (χ3n) is 4.65. The maximum atomic E-state index is 12.0. The minimum Gasteiger partial charge on any atom is -0.335 e. The monoisotopic (exact) mass is 400 g/mol. The van der Waals surface area contributed by atoms with E-state index in [9.17, 15) is 9.59 Å². The number of aromatic nitrogens is 5. The van der Waals surface area contributed by atoms with Gasteiger partial charge in [-0.3, -0.25) is 13.9 Å². The van der Waals surface area contributed by atoms with Crippen molar-refractivity contribution in [1.82, 2.24) is 24.0 Å². The molecule has 0 saturated carbocycles. The van der Waals surface area contributed by atoms with Gasteiger partial charge in [0, 0.05) is 37.2 Å². The van der Waals surface area contributed by atoms with Crippen LogP contribution in [0.1, 0.15) is 32.0 Å². The van der Waals surface area contributed by atoms with Crippen LogP contribution in [0.25, 0.3) is 11.4 Å². The van der Waals surface area contributed by atoms with Crippen molar-refractivity contribution in [3.63, 3.8) is 0 Å². The maximum Gasteiger partial charge on any atom is 0.330 e. The third-order valence-corrected chi connectivity index (χ3v) is 5.62. The van der Waals surface area contributed by atoms with Crippen LogP contribution in [0.4, 0.5) is 0 Å². The van der Waals surface area contributed by atoms with E-state index in [1.165, 1.54) is 39.7 Å². The first-order chi connectivity index (χ1) is 13.1. The normalized spacial score (nSPS) is 11.8. The van der Waals surface area contributed by atoms with Gasteiger partial charge in [0.15, 0.2) is 5.82 Å². The van der Waals surface area contributed by atoms with Crippen LogP contribution in [0.5, 0.6) is 0 Å². The van der Waals surface area contributed by atoms with Gasteiger partial charge in [-0.15, -0.1) is 10.2 Å². The summed E-state index contributed by atoms with van der Waals surface area (Å²) in [5, 5.41) is 8.85. The molecule has 0 aliphatic heterocycles. The first kappa shape index (κ1) is 19.9.